The van der Waals surface area contributed by atoms with Crippen molar-refractivity contribution < 1.29 is 14.7 Å². The molecule has 1 saturated heterocycles. The lowest BCUT2D eigenvalue weighted by atomic mass is 9.94. The molecule has 0 radical (unpaired) electrons. The molecular formula is C20H24N2O3. The summed E-state index contributed by atoms with van der Waals surface area (Å²) in [7, 11) is 0. The number of para-hydroxylation sites is 1. The maximum Gasteiger partial charge on any atom is 0.326 e. The number of carboxylic acid groups (broad SMARTS) is 1. The first-order chi connectivity index (χ1) is 12.1. The molecule has 4 rings (SSSR count). The molecule has 132 valence electrons. The predicted octanol–water partition coefficient (Wildman–Crippen LogP) is 3.38. The fourth-order valence-corrected chi connectivity index (χ4v) is 4.83. The summed E-state index contributed by atoms with van der Waals surface area (Å²) in [5.74, 6) is -0.535. The minimum atomic E-state index is -0.860. The quantitative estimate of drug-likeness (QED) is 0.928. The first-order valence-corrected chi connectivity index (χ1v) is 9.24. The van der Waals surface area contributed by atoms with Gasteiger partial charge in [0, 0.05) is 24.0 Å². The van der Waals surface area contributed by atoms with E-state index in [1.807, 2.05) is 34.9 Å². The van der Waals surface area contributed by atoms with E-state index in [1.165, 1.54) is 0 Å². The second-order valence-corrected chi connectivity index (χ2v) is 7.34. The summed E-state index contributed by atoms with van der Waals surface area (Å²) in [6.07, 6.45) is 3.96. The molecule has 1 aliphatic heterocycles. The molecule has 3 atom stereocenters. The van der Waals surface area contributed by atoms with Crippen LogP contribution in [0.3, 0.4) is 0 Å². The van der Waals surface area contributed by atoms with Gasteiger partial charge in [-0.3, -0.25) is 4.79 Å². The third-order valence-electron chi connectivity index (χ3n) is 5.88. The fraction of sp³-hybridized carbons (Fsp3) is 0.500. The number of aromatic nitrogens is 1. The number of aliphatic carboxylic acids is 1. The Balaban J connectivity index is 1.74. The molecule has 2 fully saturated rings. The van der Waals surface area contributed by atoms with Gasteiger partial charge in [0.15, 0.2) is 0 Å². The zero-order chi connectivity index (χ0) is 17.6. The van der Waals surface area contributed by atoms with Crippen LogP contribution in [0.4, 0.5) is 0 Å². The van der Waals surface area contributed by atoms with Gasteiger partial charge in [0.1, 0.15) is 11.7 Å². The Hall–Kier alpha value is -2.30. The number of hydrogen-bond donors (Lipinski definition) is 1. The van der Waals surface area contributed by atoms with Gasteiger partial charge in [0.05, 0.1) is 0 Å². The SMILES string of the molecule is CCCn1c(C(=O)N2CC3CCCC3C2C(=O)O)cc2ccccc21. The molecule has 1 N–H and O–H groups in total. The summed E-state index contributed by atoms with van der Waals surface area (Å²) in [6, 6.07) is 9.21. The van der Waals surface area contributed by atoms with Gasteiger partial charge in [-0.15, -0.1) is 0 Å². The minimum absolute atomic E-state index is 0.116. The summed E-state index contributed by atoms with van der Waals surface area (Å²) in [5, 5.41) is 10.8. The van der Waals surface area contributed by atoms with Gasteiger partial charge in [0.2, 0.25) is 0 Å². The van der Waals surface area contributed by atoms with Crippen molar-refractivity contribution in [1.29, 1.82) is 0 Å². The van der Waals surface area contributed by atoms with Crippen LogP contribution in [0.2, 0.25) is 0 Å². The second-order valence-electron chi connectivity index (χ2n) is 7.34. The van der Waals surface area contributed by atoms with Gasteiger partial charge in [-0.2, -0.15) is 0 Å². The molecule has 5 nitrogen and oxygen atoms in total. The number of hydrogen-bond acceptors (Lipinski definition) is 2. The molecular weight excluding hydrogens is 316 g/mol. The van der Waals surface area contributed by atoms with Crippen molar-refractivity contribution in [3.05, 3.63) is 36.0 Å². The van der Waals surface area contributed by atoms with Crippen molar-refractivity contribution >= 4 is 22.8 Å². The van der Waals surface area contributed by atoms with E-state index in [1.54, 1.807) is 4.90 Å². The predicted molar refractivity (Wildman–Crippen MR) is 95.5 cm³/mol. The van der Waals surface area contributed by atoms with Crippen molar-refractivity contribution in [2.45, 2.75) is 45.2 Å². The zero-order valence-electron chi connectivity index (χ0n) is 14.5. The molecule has 1 aromatic heterocycles. The molecule has 25 heavy (non-hydrogen) atoms. The van der Waals surface area contributed by atoms with Crippen molar-refractivity contribution in [1.82, 2.24) is 9.47 Å². The molecule has 3 unspecified atom stereocenters. The standard InChI is InChI=1S/C20H24N2O3/c1-2-10-21-16-9-4-3-6-13(16)11-17(21)19(23)22-12-14-7-5-8-15(14)18(22)20(24)25/h3-4,6,9,11,14-15,18H,2,5,7-8,10,12H2,1H3,(H,24,25). The highest BCUT2D eigenvalue weighted by atomic mass is 16.4. The number of carbonyl (C=O) groups is 2. The summed E-state index contributed by atoms with van der Waals surface area (Å²) < 4.78 is 2.05. The second kappa shape index (κ2) is 6.21. The number of likely N-dealkylation sites (tertiary alicyclic amines) is 1. The van der Waals surface area contributed by atoms with Crippen molar-refractivity contribution in [2.24, 2.45) is 11.8 Å². The first kappa shape index (κ1) is 16.2. The number of carboxylic acids is 1. The number of benzene rings is 1. The molecule has 2 aliphatic rings. The van der Waals surface area contributed by atoms with Gasteiger partial charge < -0.3 is 14.6 Å². The third kappa shape index (κ3) is 2.53. The molecule has 5 heteroatoms. The average molecular weight is 340 g/mol. The highest BCUT2D eigenvalue weighted by Crippen LogP contribution is 2.43. The highest BCUT2D eigenvalue weighted by molar-refractivity contribution is 6.00. The van der Waals surface area contributed by atoms with Gasteiger partial charge in [-0.1, -0.05) is 31.5 Å². The van der Waals surface area contributed by atoms with Crippen LogP contribution >= 0.6 is 0 Å². The van der Waals surface area contributed by atoms with Crippen LogP contribution in [0, 0.1) is 11.8 Å². The van der Waals surface area contributed by atoms with Gasteiger partial charge in [0.25, 0.3) is 5.91 Å². The first-order valence-electron chi connectivity index (χ1n) is 9.24. The number of rotatable bonds is 4. The highest BCUT2D eigenvalue weighted by Gasteiger charge is 2.50. The number of fused-ring (bicyclic) bond motifs is 2. The van der Waals surface area contributed by atoms with Crippen LogP contribution in [-0.4, -0.2) is 39.0 Å². The van der Waals surface area contributed by atoms with Gasteiger partial charge in [-0.25, -0.2) is 4.79 Å². The largest absolute Gasteiger partial charge is 0.480 e. The van der Waals surface area contributed by atoms with E-state index in [4.69, 9.17) is 0 Å². The number of carbonyl (C=O) groups excluding carboxylic acids is 1. The molecule has 1 saturated carbocycles. The lowest BCUT2D eigenvalue weighted by Gasteiger charge is -2.25. The topological polar surface area (TPSA) is 62.5 Å². The maximum atomic E-state index is 13.3. The lowest BCUT2D eigenvalue weighted by molar-refractivity contribution is -0.142. The summed E-state index contributed by atoms with van der Waals surface area (Å²) in [6.45, 7) is 3.42. The molecule has 0 spiro atoms. The van der Waals surface area contributed by atoms with Crippen molar-refractivity contribution in [2.75, 3.05) is 6.54 Å². The Morgan fingerprint density at radius 2 is 2.04 bits per heavy atom. The maximum absolute atomic E-state index is 13.3. The molecule has 1 amide bonds. The lowest BCUT2D eigenvalue weighted by Crippen LogP contribution is -2.43. The Bertz CT molecular complexity index is 825. The smallest absolute Gasteiger partial charge is 0.326 e. The monoisotopic (exact) mass is 340 g/mol. The summed E-state index contributed by atoms with van der Waals surface area (Å²) in [4.78, 5) is 26.8. The van der Waals surface area contributed by atoms with Crippen LogP contribution in [-0.2, 0) is 11.3 Å². The van der Waals surface area contributed by atoms with Gasteiger partial charge >= 0.3 is 5.97 Å². The number of amides is 1. The zero-order valence-corrected chi connectivity index (χ0v) is 14.5. The van der Waals surface area contributed by atoms with E-state index in [0.717, 1.165) is 43.1 Å². The van der Waals surface area contributed by atoms with E-state index < -0.39 is 12.0 Å². The summed E-state index contributed by atoms with van der Waals surface area (Å²) >= 11 is 0. The Labute approximate surface area is 147 Å². The Kier molecular flexibility index (Phi) is 4.02. The van der Waals surface area contributed by atoms with E-state index in [9.17, 15) is 14.7 Å². The molecule has 0 bridgehead atoms. The van der Waals surface area contributed by atoms with Crippen molar-refractivity contribution in [3.8, 4) is 0 Å². The van der Waals surface area contributed by atoms with Crippen LogP contribution in [0.25, 0.3) is 10.9 Å². The summed E-state index contributed by atoms with van der Waals surface area (Å²) in [5.41, 5.74) is 1.66. The van der Waals surface area contributed by atoms with E-state index >= 15 is 0 Å². The Morgan fingerprint density at radius 3 is 2.80 bits per heavy atom. The average Bonchev–Trinajstić information content (AvgIpc) is 3.26. The normalized spacial score (nSPS) is 25.5. The molecule has 2 aromatic rings. The molecule has 1 aromatic carbocycles. The fourth-order valence-electron chi connectivity index (χ4n) is 4.83. The van der Waals surface area contributed by atoms with Gasteiger partial charge in [-0.05, 0) is 43.2 Å². The minimum Gasteiger partial charge on any atom is -0.480 e. The van der Waals surface area contributed by atoms with E-state index in [0.29, 0.717) is 18.2 Å². The van der Waals surface area contributed by atoms with Crippen molar-refractivity contribution in [3.63, 3.8) is 0 Å². The number of nitrogens with zero attached hydrogens (tertiary/aromatic N) is 2. The Morgan fingerprint density at radius 1 is 1.24 bits per heavy atom. The third-order valence-corrected chi connectivity index (χ3v) is 5.88. The van der Waals surface area contributed by atoms with Crippen LogP contribution in [0.15, 0.2) is 30.3 Å². The van der Waals surface area contributed by atoms with Crippen LogP contribution in [0.1, 0.15) is 43.1 Å². The molecule has 1 aliphatic carbocycles. The molecule has 2 heterocycles. The van der Waals surface area contributed by atoms with E-state index in [2.05, 4.69) is 6.92 Å². The number of aryl methyl sites for hydroxylation is 1. The van der Waals surface area contributed by atoms with Crippen LogP contribution in [0.5, 0.6) is 0 Å². The van der Waals surface area contributed by atoms with E-state index in [-0.39, 0.29) is 11.8 Å². The van der Waals surface area contributed by atoms with Crippen LogP contribution < -0.4 is 0 Å².